The van der Waals surface area contributed by atoms with Crippen LogP contribution < -0.4 is 0 Å². The molecule has 0 aliphatic carbocycles. The van der Waals surface area contributed by atoms with Crippen LogP contribution in [0.2, 0.25) is 6.55 Å². The first-order valence-electron chi connectivity index (χ1n) is 5.09. The minimum Gasteiger partial charge on any atom is -0.420 e. The maximum Gasteiger partial charge on any atom is 0.159 e. The van der Waals surface area contributed by atoms with E-state index in [0.29, 0.717) is 6.10 Å². The van der Waals surface area contributed by atoms with E-state index < -0.39 is 0 Å². The van der Waals surface area contributed by atoms with Crippen LogP contribution in [-0.4, -0.2) is 28.1 Å². The fourth-order valence-electron chi connectivity index (χ4n) is 0.766. The van der Waals surface area contributed by atoms with Gasteiger partial charge in [-0.25, -0.2) is 0 Å². The van der Waals surface area contributed by atoms with Crippen LogP contribution in [0.25, 0.3) is 0 Å². The van der Waals surface area contributed by atoms with Gasteiger partial charge in [-0.2, -0.15) is 0 Å². The molecule has 0 aromatic carbocycles. The third kappa shape index (κ3) is 24.5. The molecule has 0 aliphatic rings. The first-order chi connectivity index (χ1) is 5.83. The Morgan fingerprint density at radius 2 is 1.69 bits per heavy atom. The molecule has 0 bridgehead atoms. The normalized spacial score (nSPS) is 12.0. The van der Waals surface area contributed by atoms with Crippen molar-refractivity contribution < 1.29 is 9.16 Å². The van der Waals surface area contributed by atoms with Crippen LogP contribution in [0.3, 0.4) is 0 Å². The highest BCUT2D eigenvalue weighted by Gasteiger charge is 2.05. The zero-order chi connectivity index (χ0) is 10.9. The van der Waals surface area contributed by atoms with Gasteiger partial charge in [-0.15, -0.1) is 0 Å². The predicted octanol–water partition coefficient (Wildman–Crippen LogP) is 2.36. The Morgan fingerprint density at radius 1 is 1.23 bits per heavy atom. The average Bonchev–Trinajstić information content (AvgIpc) is 1.84. The molecule has 0 heterocycles. The molecule has 0 unspecified atom stereocenters. The van der Waals surface area contributed by atoms with Crippen molar-refractivity contribution in [2.45, 2.75) is 59.8 Å². The highest BCUT2D eigenvalue weighted by atomic mass is 28.2. The molecule has 0 aromatic heterocycles. The summed E-state index contributed by atoms with van der Waals surface area (Å²) in [5, 5.41) is 0. The molecular weight excluding hydrogens is 180 g/mol. The summed E-state index contributed by atoms with van der Waals surface area (Å²) < 4.78 is 10.4. The summed E-state index contributed by atoms with van der Waals surface area (Å²) in [6.45, 7) is 15.3. The van der Waals surface area contributed by atoms with Gasteiger partial charge in [0.25, 0.3) is 0 Å². The number of hydrogen-bond donors (Lipinski definition) is 0. The highest BCUT2D eigenvalue weighted by molar-refractivity contribution is 6.24. The van der Waals surface area contributed by atoms with Crippen LogP contribution >= 0.6 is 0 Å². The van der Waals surface area contributed by atoms with E-state index in [0.717, 1.165) is 6.61 Å². The van der Waals surface area contributed by atoms with Crippen LogP contribution in [0.5, 0.6) is 0 Å². The van der Waals surface area contributed by atoms with Crippen molar-refractivity contribution >= 4 is 9.76 Å². The van der Waals surface area contributed by atoms with Crippen molar-refractivity contribution in [3.63, 3.8) is 0 Å². The van der Waals surface area contributed by atoms with Crippen molar-refractivity contribution in [2.24, 2.45) is 0 Å². The molecule has 0 rings (SSSR count). The van der Waals surface area contributed by atoms with E-state index in [9.17, 15) is 0 Å². The molecule has 0 radical (unpaired) electrons. The summed E-state index contributed by atoms with van der Waals surface area (Å²) >= 11 is 0. The van der Waals surface area contributed by atoms with Crippen LogP contribution in [0.1, 0.15) is 41.5 Å². The third-order valence-electron chi connectivity index (χ3n) is 1.08. The van der Waals surface area contributed by atoms with E-state index in [4.69, 9.17) is 9.16 Å². The zero-order valence-corrected chi connectivity index (χ0v) is 11.7. The van der Waals surface area contributed by atoms with Crippen LogP contribution in [-0.2, 0) is 9.16 Å². The van der Waals surface area contributed by atoms with Crippen LogP contribution in [0.15, 0.2) is 0 Å². The summed E-state index contributed by atoms with van der Waals surface area (Å²) in [5.74, 6) is 0. The van der Waals surface area contributed by atoms with Gasteiger partial charge in [0.1, 0.15) is 0 Å². The molecule has 2 nitrogen and oxygen atoms in total. The molecular formula is C10H26O2Si. The van der Waals surface area contributed by atoms with E-state index in [-0.39, 0.29) is 15.4 Å². The SMILES string of the molecule is CCOC(C)C.C[SiH2]OC(C)(C)C. The highest BCUT2D eigenvalue weighted by Crippen LogP contribution is 2.03. The number of ether oxygens (including phenoxy) is 1. The molecule has 0 saturated heterocycles. The van der Waals surface area contributed by atoms with E-state index in [1.807, 2.05) is 20.8 Å². The number of hydrogen-bond acceptors (Lipinski definition) is 2. The summed E-state index contributed by atoms with van der Waals surface area (Å²) in [6, 6.07) is 0. The second-order valence-electron chi connectivity index (χ2n) is 4.05. The maximum atomic E-state index is 5.37. The predicted molar refractivity (Wildman–Crippen MR) is 62.0 cm³/mol. The Morgan fingerprint density at radius 3 is 1.69 bits per heavy atom. The van der Waals surface area contributed by atoms with Crippen molar-refractivity contribution in [3.8, 4) is 0 Å². The van der Waals surface area contributed by atoms with Gasteiger partial charge in [0.15, 0.2) is 9.76 Å². The first kappa shape index (κ1) is 15.6. The van der Waals surface area contributed by atoms with Crippen molar-refractivity contribution in [2.75, 3.05) is 6.61 Å². The summed E-state index contributed by atoms with van der Waals surface area (Å²) in [7, 11) is -0.190. The summed E-state index contributed by atoms with van der Waals surface area (Å²) in [6.07, 6.45) is 0.398. The Labute approximate surface area is 86.0 Å². The van der Waals surface area contributed by atoms with E-state index in [1.165, 1.54) is 0 Å². The molecule has 0 saturated carbocycles. The fraction of sp³-hybridized carbons (Fsp3) is 1.00. The summed E-state index contributed by atoms with van der Waals surface area (Å²) in [5.41, 5.74) is 0.112. The van der Waals surface area contributed by atoms with Crippen molar-refractivity contribution in [1.82, 2.24) is 0 Å². The van der Waals surface area contributed by atoms with Crippen molar-refractivity contribution in [1.29, 1.82) is 0 Å². The second-order valence-corrected chi connectivity index (χ2v) is 4.92. The first-order valence-corrected chi connectivity index (χ1v) is 7.08. The van der Waals surface area contributed by atoms with Gasteiger partial charge in [-0.3, -0.25) is 0 Å². The maximum absolute atomic E-state index is 5.37. The summed E-state index contributed by atoms with van der Waals surface area (Å²) in [4.78, 5) is 0. The minimum atomic E-state index is -0.190. The molecule has 0 N–H and O–H groups in total. The van der Waals surface area contributed by atoms with Gasteiger partial charge in [0.05, 0.1) is 6.10 Å². The molecule has 13 heavy (non-hydrogen) atoms. The quantitative estimate of drug-likeness (QED) is 0.660. The van der Waals surface area contributed by atoms with Crippen LogP contribution in [0.4, 0.5) is 0 Å². The lowest BCUT2D eigenvalue weighted by atomic mass is 10.2. The monoisotopic (exact) mass is 206 g/mol. The molecule has 0 aromatic rings. The van der Waals surface area contributed by atoms with Gasteiger partial charge >= 0.3 is 0 Å². The van der Waals surface area contributed by atoms with Gasteiger partial charge < -0.3 is 9.16 Å². The smallest absolute Gasteiger partial charge is 0.159 e. The topological polar surface area (TPSA) is 18.5 Å². The van der Waals surface area contributed by atoms with Crippen molar-refractivity contribution in [3.05, 3.63) is 0 Å². The fourth-order valence-corrected chi connectivity index (χ4v) is 1.63. The minimum absolute atomic E-state index is 0.112. The average molecular weight is 206 g/mol. The molecule has 82 valence electrons. The lowest BCUT2D eigenvalue weighted by molar-refractivity contribution is 0.0899. The second kappa shape index (κ2) is 8.72. The third-order valence-corrected chi connectivity index (χ3v) is 2.23. The van der Waals surface area contributed by atoms with E-state index in [1.54, 1.807) is 0 Å². The van der Waals surface area contributed by atoms with Gasteiger partial charge in [-0.05, 0) is 41.5 Å². The van der Waals surface area contributed by atoms with E-state index in [2.05, 4.69) is 27.3 Å². The standard InChI is InChI=1S/C5H14OSi.C5H12O/c1-5(2,3)6-7-4;1-4-6-5(2)3/h7H2,1-4H3;5H,4H2,1-3H3. The zero-order valence-electron chi connectivity index (χ0n) is 10.3. The lowest BCUT2D eigenvalue weighted by Gasteiger charge is -2.17. The Kier molecular flexibility index (Phi) is 10.5. The van der Waals surface area contributed by atoms with E-state index >= 15 is 0 Å². The molecule has 0 amide bonds. The van der Waals surface area contributed by atoms with Crippen LogP contribution in [0, 0.1) is 0 Å². The Hall–Kier alpha value is 0.137. The molecule has 3 heteroatoms. The Bertz CT molecular complexity index is 97.6. The molecule has 0 spiro atoms. The molecule has 0 atom stereocenters. The molecule has 0 fully saturated rings. The molecule has 0 aliphatic heterocycles. The Balaban J connectivity index is 0. The van der Waals surface area contributed by atoms with Gasteiger partial charge in [-0.1, -0.05) is 6.55 Å². The largest absolute Gasteiger partial charge is 0.420 e. The number of rotatable bonds is 3. The van der Waals surface area contributed by atoms with Gasteiger partial charge in [0.2, 0.25) is 0 Å². The van der Waals surface area contributed by atoms with Gasteiger partial charge in [0, 0.05) is 12.2 Å². The lowest BCUT2D eigenvalue weighted by Crippen LogP contribution is -2.19.